The average molecular weight is 377 g/mol. The lowest BCUT2D eigenvalue weighted by atomic mass is 9.96. The highest BCUT2D eigenvalue weighted by Gasteiger charge is 2.28. The number of hydrogen-bond acceptors (Lipinski definition) is 6. The molecular weight excluding hydrogens is 352 g/mol. The Labute approximate surface area is 156 Å². The van der Waals surface area contributed by atoms with E-state index in [1.54, 1.807) is 11.3 Å². The van der Waals surface area contributed by atoms with Crippen molar-refractivity contribution in [1.82, 2.24) is 10.2 Å². The van der Waals surface area contributed by atoms with Crippen LogP contribution < -0.4 is 10.2 Å². The SMILES string of the molecule is CC1CCCC(C)N1c1nnc(NC(=O)c2csc3c2CCCC3)s1. The first-order valence-corrected chi connectivity index (χ1v) is 10.9. The van der Waals surface area contributed by atoms with Gasteiger partial charge in [0.1, 0.15) is 0 Å². The van der Waals surface area contributed by atoms with Crippen LogP contribution in [0.5, 0.6) is 0 Å². The summed E-state index contributed by atoms with van der Waals surface area (Å²) in [6, 6.07) is 0.952. The molecule has 7 heteroatoms. The van der Waals surface area contributed by atoms with E-state index in [0.717, 1.165) is 23.5 Å². The van der Waals surface area contributed by atoms with E-state index in [2.05, 4.69) is 34.3 Å². The maximum atomic E-state index is 12.7. The summed E-state index contributed by atoms with van der Waals surface area (Å²) in [5.41, 5.74) is 2.08. The molecule has 25 heavy (non-hydrogen) atoms. The molecule has 2 aromatic rings. The van der Waals surface area contributed by atoms with Crippen molar-refractivity contribution in [3.05, 3.63) is 21.4 Å². The molecule has 2 aliphatic rings. The van der Waals surface area contributed by atoms with Gasteiger partial charge in [-0.3, -0.25) is 10.1 Å². The number of carbonyl (C=O) groups excluding carboxylic acids is 1. The molecule has 0 saturated carbocycles. The second kappa shape index (κ2) is 7.03. The Balaban J connectivity index is 1.49. The second-order valence-corrected chi connectivity index (χ2v) is 9.06. The van der Waals surface area contributed by atoms with Crippen LogP contribution in [0.2, 0.25) is 0 Å². The Morgan fingerprint density at radius 3 is 2.72 bits per heavy atom. The van der Waals surface area contributed by atoms with E-state index >= 15 is 0 Å². The molecule has 5 nitrogen and oxygen atoms in total. The highest BCUT2D eigenvalue weighted by molar-refractivity contribution is 7.19. The molecule has 1 fully saturated rings. The number of aryl methyl sites for hydroxylation is 1. The van der Waals surface area contributed by atoms with Crippen LogP contribution in [0.25, 0.3) is 0 Å². The fraction of sp³-hybridized carbons (Fsp3) is 0.611. The van der Waals surface area contributed by atoms with E-state index in [-0.39, 0.29) is 5.91 Å². The van der Waals surface area contributed by atoms with Crippen LogP contribution in [-0.2, 0) is 12.8 Å². The number of hydrogen-bond donors (Lipinski definition) is 1. The van der Waals surface area contributed by atoms with Gasteiger partial charge in [-0.05, 0) is 64.4 Å². The van der Waals surface area contributed by atoms with Gasteiger partial charge in [-0.2, -0.15) is 0 Å². The number of amides is 1. The minimum atomic E-state index is -0.0400. The molecule has 0 spiro atoms. The van der Waals surface area contributed by atoms with E-state index in [4.69, 9.17) is 0 Å². The van der Waals surface area contributed by atoms with Crippen LogP contribution in [0, 0.1) is 0 Å². The van der Waals surface area contributed by atoms with Gasteiger partial charge >= 0.3 is 0 Å². The fourth-order valence-electron chi connectivity index (χ4n) is 4.02. The quantitative estimate of drug-likeness (QED) is 0.857. The first-order valence-electron chi connectivity index (χ1n) is 9.16. The third kappa shape index (κ3) is 3.31. The molecule has 1 aliphatic carbocycles. The number of aromatic nitrogens is 2. The van der Waals surface area contributed by atoms with E-state index < -0.39 is 0 Å². The molecule has 0 bridgehead atoms. The van der Waals surface area contributed by atoms with Crippen molar-refractivity contribution >= 4 is 38.8 Å². The molecular formula is C18H24N4OS2. The Bertz CT molecular complexity index is 759. The summed E-state index contributed by atoms with van der Waals surface area (Å²) in [6.45, 7) is 4.49. The lowest BCUT2D eigenvalue weighted by molar-refractivity contribution is 0.102. The number of anilines is 2. The van der Waals surface area contributed by atoms with E-state index in [1.165, 1.54) is 53.9 Å². The molecule has 1 aliphatic heterocycles. The monoisotopic (exact) mass is 376 g/mol. The van der Waals surface area contributed by atoms with Gasteiger partial charge in [0.25, 0.3) is 5.91 Å². The van der Waals surface area contributed by atoms with Crippen molar-refractivity contribution in [2.75, 3.05) is 10.2 Å². The number of carbonyl (C=O) groups is 1. The minimum Gasteiger partial charge on any atom is -0.341 e. The molecule has 0 radical (unpaired) electrons. The van der Waals surface area contributed by atoms with Gasteiger partial charge in [0.2, 0.25) is 10.3 Å². The van der Waals surface area contributed by atoms with Gasteiger partial charge in [0.05, 0.1) is 5.56 Å². The molecule has 4 rings (SSSR count). The summed E-state index contributed by atoms with van der Waals surface area (Å²) in [5.74, 6) is -0.0400. The number of piperidine rings is 1. The van der Waals surface area contributed by atoms with Gasteiger partial charge in [-0.15, -0.1) is 21.5 Å². The first kappa shape index (κ1) is 17.0. The zero-order chi connectivity index (χ0) is 17.4. The van der Waals surface area contributed by atoms with Crippen LogP contribution >= 0.6 is 22.7 Å². The summed E-state index contributed by atoms with van der Waals surface area (Å²) < 4.78 is 0. The van der Waals surface area contributed by atoms with Crippen LogP contribution in [0.3, 0.4) is 0 Å². The molecule has 1 N–H and O–H groups in total. The molecule has 2 atom stereocenters. The van der Waals surface area contributed by atoms with E-state index in [0.29, 0.717) is 17.2 Å². The van der Waals surface area contributed by atoms with Crippen molar-refractivity contribution < 1.29 is 4.79 Å². The lowest BCUT2D eigenvalue weighted by Gasteiger charge is -2.38. The molecule has 134 valence electrons. The molecule has 0 aromatic carbocycles. The fourth-order valence-corrected chi connectivity index (χ4v) is 6.09. The third-order valence-corrected chi connectivity index (χ3v) is 7.30. The molecule has 1 saturated heterocycles. The molecule has 1 amide bonds. The van der Waals surface area contributed by atoms with Gasteiger partial charge in [-0.25, -0.2) is 0 Å². The minimum absolute atomic E-state index is 0.0400. The third-order valence-electron chi connectivity index (χ3n) is 5.36. The normalized spacial score (nSPS) is 23.4. The van der Waals surface area contributed by atoms with Crippen molar-refractivity contribution in [3.63, 3.8) is 0 Å². The summed E-state index contributed by atoms with van der Waals surface area (Å²) in [4.78, 5) is 16.4. The topological polar surface area (TPSA) is 58.1 Å². The predicted octanol–water partition coefficient (Wildman–Crippen LogP) is 4.50. The van der Waals surface area contributed by atoms with Crippen molar-refractivity contribution in [2.45, 2.75) is 70.9 Å². The Hall–Kier alpha value is -1.47. The Kier molecular flexibility index (Phi) is 4.78. The number of fused-ring (bicyclic) bond motifs is 1. The van der Waals surface area contributed by atoms with Crippen molar-refractivity contribution in [2.24, 2.45) is 0 Å². The second-order valence-electron chi connectivity index (χ2n) is 7.14. The zero-order valence-corrected chi connectivity index (χ0v) is 16.4. The van der Waals surface area contributed by atoms with Crippen LogP contribution in [-0.4, -0.2) is 28.2 Å². The van der Waals surface area contributed by atoms with Crippen molar-refractivity contribution in [3.8, 4) is 0 Å². The maximum absolute atomic E-state index is 12.7. The summed E-state index contributed by atoms with van der Waals surface area (Å²) in [6.07, 6.45) is 8.19. The largest absolute Gasteiger partial charge is 0.341 e. The summed E-state index contributed by atoms with van der Waals surface area (Å²) in [5, 5.41) is 15.1. The lowest BCUT2D eigenvalue weighted by Crippen LogP contribution is -2.43. The van der Waals surface area contributed by atoms with E-state index in [1.807, 2.05) is 5.38 Å². The summed E-state index contributed by atoms with van der Waals surface area (Å²) in [7, 11) is 0. The Morgan fingerprint density at radius 2 is 1.92 bits per heavy atom. The van der Waals surface area contributed by atoms with Gasteiger partial charge in [0.15, 0.2) is 0 Å². The zero-order valence-electron chi connectivity index (χ0n) is 14.7. The Morgan fingerprint density at radius 1 is 1.16 bits per heavy atom. The van der Waals surface area contributed by atoms with Crippen LogP contribution in [0.1, 0.15) is 66.8 Å². The number of nitrogens with zero attached hydrogens (tertiary/aromatic N) is 3. The summed E-state index contributed by atoms with van der Waals surface area (Å²) >= 11 is 3.20. The van der Waals surface area contributed by atoms with Crippen LogP contribution in [0.15, 0.2) is 5.38 Å². The highest BCUT2D eigenvalue weighted by atomic mass is 32.1. The van der Waals surface area contributed by atoms with Crippen molar-refractivity contribution in [1.29, 1.82) is 0 Å². The van der Waals surface area contributed by atoms with E-state index in [9.17, 15) is 4.79 Å². The molecule has 2 aromatic heterocycles. The maximum Gasteiger partial charge on any atom is 0.258 e. The highest BCUT2D eigenvalue weighted by Crippen LogP contribution is 2.34. The predicted molar refractivity (Wildman–Crippen MR) is 104 cm³/mol. The molecule has 3 heterocycles. The van der Waals surface area contributed by atoms with Gasteiger partial charge in [-0.1, -0.05) is 11.3 Å². The smallest absolute Gasteiger partial charge is 0.258 e. The van der Waals surface area contributed by atoms with Gasteiger partial charge in [0, 0.05) is 22.3 Å². The first-order chi connectivity index (χ1) is 12.1. The average Bonchev–Trinajstić information content (AvgIpc) is 3.21. The number of nitrogens with one attached hydrogen (secondary N) is 1. The van der Waals surface area contributed by atoms with Gasteiger partial charge < -0.3 is 4.90 Å². The standard InChI is InChI=1S/C18H24N4OS2/c1-11-6-5-7-12(2)22(11)18-21-20-17(25-18)19-16(23)14-10-24-15-9-4-3-8-13(14)15/h10-12H,3-9H2,1-2H3,(H,19,20,23). The van der Waals surface area contributed by atoms with Crippen LogP contribution in [0.4, 0.5) is 10.3 Å². The molecule has 2 unspecified atom stereocenters. The number of rotatable bonds is 3. The number of thiophene rings is 1.